The van der Waals surface area contributed by atoms with Crippen molar-refractivity contribution in [3.63, 3.8) is 0 Å². The highest BCUT2D eigenvalue weighted by molar-refractivity contribution is 7.85. The summed E-state index contributed by atoms with van der Waals surface area (Å²) in [5.74, 6) is 0.958. The molecular formula is C18H16FN5OS. The Morgan fingerprint density at radius 2 is 1.88 bits per heavy atom. The largest absolute Gasteiger partial charge is 0.353 e. The van der Waals surface area contributed by atoms with E-state index in [1.807, 2.05) is 31.2 Å². The highest BCUT2D eigenvalue weighted by Crippen LogP contribution is 2.20. The quantitative estimate of drug-likeness (QED) is 0.586. The van der Waals surface area contributed by atoms with Crippen molar-refractivity contribution in [1.82, 2.24) is 19.6 Å². The van der Waals surface area contributed by atoms with Crippen LogP contribution in [0.3, 0.4) is 0 Å². The first-order valence-corrected chi connectivity index (χ1v) is 9.44. The molecule has 0 amide bonds. The minimum Gasteiger partial charge on any atom is -0.353 e. The Bertz CT molecular complexity index is 1130. The predicted octanol–water partition coefficient (Wildman–Crippen LogP) is 2.94. The van der Waals surface area contributed by atoms with Crippen LogP contribution in [0.1, 0.15) is 5.82 Å². The van der Waals surface area contributed by atoms with Crippen molar-refractivity contribution >= 4 is 33.3 Å². The first-order chi connectivity index (χ1) is 12.6. The number of halogens is 1. The van der Waals surface area contributed by atoms with Crippen molar-refractivity contribution < 1.29 is 8.60 Å². The van der Waals surface area contributed by atoms with Gasteiger partial charge in [-0.15, -0.1) is 5.10 Å². The van der Waals surface area contributed by atoms with Gasteiger partial charge in [0.25, 0.3) is 0 Å². The second-order valence-electron chi connectivity index (χ2n) is 5.75. The Morgan fingerprint density at radius 3 is 2.73 bits per heavy atom. The van der Waals surface area contributed by atoms with Gasteiger partial charge in [-0.3, -0.25) is 4.21 Å². The molecule has 0 aliphatic carbocycles. The molecule has 0 aliphatic heterocycles. The molecule has 6 nitrogen and oxygen atoms in total. The van der Waals surface area contributed by atoms with Crippen molar-refractivity contribution in [1.29, 1.82) is 0 Å². The zero-order valence-electron chi connectivity index (χ0n) is 14.0. The average Bonchev–Trinajstić information content (AvgIpc) is 3.04. The average molecular weight is 369 g/mol. The summed E-state index contributed by atoms with van der Waals surface area (Å²) in [5, 5.41) is 8.44. The number of aromatic nitrogens is 4. The van der Waals surface area contributed by atoms with Crippen LogP contribution in [0.5, 0.6) is 0 Å². The lowest BCUT2D eigenvalue weighted by molar-refractivity contribution is 0.595. The van der Waals surface area contributed by atoms with Crippen molar-refractivity contribution in [2.45, 2.75) is 11.8 Å². The van der Waals surface area contributed by atoms with Crippen LogP contribution in [0.4, 0.5) is 10.3 Å². The predicted molar refractivity (Wildman–Crippen MR) is 99.2 cm³/mol. The molecule has 2 aromatic heterocycles. The number of nitrogens with one attached hydrogen (secondary N) is 1. The monoisotopic (exact) mass is 369 g/mol. The highest BCUT2D eigenvalue weighted by Gasteiger charge is 2.13. The molecule has 2 aromatic carbocycles. The van der Waals surface area contributed by atoms with Gasteiger partial charge in [0.05, 0.1) is 21.2 Å². The molecule has 0 saturated heterocycles. The smallest absolute Gasteiger partial charge is 0.226 e. The fourth-order valence-corrected chi connectivity index (χ4v) is 3.79. The lowest BCUT2D eigenvalue weighted by Crippen LogP contribution is -2.15. The van der Waals surface area contributed by atoms with E-state index in [-0.39, 0.29) is 10.6 Å². The second kappa shape index (κ2) is 6.80. The lowest BCUT2D eigenvalue weighted by Gasteiger charge is -2.09. The number of rotatable bonds is 5. The fourth-order valence-electron chi connectivity index (χ4n) is 2.77. The molecule has 2 heterocycles. The van der Waals surface area contributed by atoms with E-state index in [0.29, 0.717) is 24.0 Å². The van der Waals surface area contributed by atoms with Crippen molar-refractivity contribution in [2.75, 3.05) is 17.6 Å². The Hall–Kier alpha value is -2.87. The van der Waals surface area contributed by atoms with Crippen LogP contribution in [-0.2, 0) is 10.8 Å². The number of nitrogens with zero attached hydrogens (tertiary/aromatic N) is 4. The van der Waals surface area contributed by atoms with Gasteiger partial charge in [-0.25, -0.2) is 14.4 Å². The van der Waals surface area contributed by atoms with Gasteiger partial charge < -0.3 is 5.32 Å². The third-order valence-corrected chi connectivity index (χ3v) is 5.33. The summed E-state index contributed by atoms with van der Waals surface area (Å²) >= 11 is 0. The summed E-state index contributed by atoms with van der Waals surface area (Å²) in [7, 11) is -1.43. The van der Waals surface area contributed by atoms with Crippen LogP contribution >= 0.6 is 0 Å². The van der Waals surface area contributed by atoms with Crippen LogP contribution in [-0.4, -0.2) is 36.1 Å². The summed E-state index contributed by atoms with van der Waals surface area (Å²) in [4.78, 5) is 9.26. The molecule has 0 spiro atoms. The number of anilines is 1. The SMILES string of the molecule is Cc1nc2c3ccccc3nc(NCC[S@](=O)c3ccccc3F)n2n1. The van der Waals surface area contributed by atoms with Gasteiger partial charge in [-0.1, -0.05) is 24.3 Å². The van der Waals surface area contributed by atoms with E-state index in [9.17, 15) is 8.60 Å². The number of hydrogen-bond donors (Lipinski definition) is 1. The summed E-state index contributed by atoms with van der Waals surface area (Å²) in [6.07, 6.45) is 0. The Labute approximate surface area is 151 Å². The topological polar surface area (TPSA) is 72.2 Å². The third-order valence-electron chi connectivity index (χ3n) is 3.94. The van der Waals surface area contributed by atoms with Gasteiger partial charge in [0, 0.05) is 17.7 Å². The van der Waals surface area contributed by atoms with E-state index in [1.165, 1.54) is 6.07 Å². The van der Waals surface area contributed by atoms with Crippen LogP contribution in [0.25, 0.3) is 16.6 Å². The number of hydrogen-bond acceptors (Lipinski definition) is 5. The maximum Gasteiger partial charge on any atom is 0.226 e. The molecular weight excluding hydrogens is 353 g/mol. The molecule has 1 atom stereocenters. The van der Waals surface area contributed by atoms with Crippen molar-refractivity contribution in [3.05, 3.63) is 60.2 Å². The van der Waals surface area contributed by atoms with E-state index >= 15 is 0 Å². The molecule has 0 saturated carbocycles. The Kier molecular flexibility index (Phi) is 4.34. The van der Waals surface area contributed by atoms with Gasteiger partial charge >= 0.3 is 0 Å². The van der Waals surface area contributed by atoms with Gasteiger partial charge in [-0.2, -0.15) is 4.52 Å². The van der Waals surface area contributed by atoms with Crippen LogP contribution in [0, 0.1) is 12.7 Å². The zero-order valence-corrected chi connectivity index (χ0v) is 14.8. The number of aryl methyl sites for hydroxylation is 1. The highest BCUT2D eigenvalue weighted by atomic mass is 32.2. The molecule has 132 valence electrons. The second-order valence-corrected chi connectivity index (χ2v) is 7.29. The summed E-state index contributed by atoms with van der Waals surface area (Å²) in [6, 6.07) is 13.8. The van der Waals surface area contributed by atoms with E-state index in [2.05, 4.69) is 20.4 Å². The summed E-state index contributed by atoms with van der Waals surface area (Å²) in [6.45, 7) is 2.18. The lowest BCUT2D eigenvalue weighted by atomic mass is 10.2. The molecule has 1 N–H and O–H groups in total. The molecule has 0 aliphatic rings. The standard InChI is InChI=1S/C18H16FN5OS/c1-12-21-17-13-6-2-4-8-15(13)22-18(24(17)23-12)20-10-11-26(25)16-9-5-3-7-14(16)19/h2-9H,10-11H2,1H3,(H,20,22)/t26-/m0/s1. The molecule has 0 radical (unpaired) electrons. The Morgan fingerprint density at radius 1 is 1.12 bits per heavy atom. The molecule has 0 unspecified atom stereocenters. The first kappa shape index (κ1) is 16.6. The molecule has 26 heavy (non-hydrogen) atoms. The first-order valence-electron chi connectivity index (χ1n) is 8.12. The molecule has 8 heteroatoms. The molecule has 4 aromatic rings. The van der Waals surface area contributed by atoms with E-state index in [1.54, 1.807) is 22.7 Å². The number of benzene rings is 2. The fraction of sp³-hybridized carbons (Fsp3) is 0.167. The van der Waals surface area contributed by atoms with Crippen LogP contribution in [0.15, 0.2) is 53.4 Å². The minimum absolute atomic E-state index is 0.211. The molecule has 4 rings (SSSR count). The minimum atomic E-state index is -1.43. The maximum atomic E-state index is 13.7. The number of para-hydroxylation sites is 1. The Balaban J connectivity index is 1.59. The van der Waals surface area contributed by atoms with Crippen LogP contribution in [0.2, 0.25) is 0 Å². The van der Waals surface area contributed by atoms with Crippen molar-refractivity contribution in [2.24, 2.45) is 0 Å². The molecule has 0 fully saturated rings. The summed E-state index contributed by atoms with van der Waals surface area (Å²) < 4.78 is 27.7. The van der Waals surface area contributed by atoms with Crippen molar-refractivity contribution in [3.8, 4) is 0 Å². The maximum absolute atomic E-state index is 13.7. The van der Waals surface area contributed by atoms with E-state index < -0.39 is 16.6 Å². The third kappa shape index (κ3) is 3.03. The summed E-state index contributed by atoms with van der Waals surface area (Å²) in [5.41, 5.74) is 1.51. The molecule has 0 bridgehead atoms. The van der Waals surface area contributed by atoms with Gasteiger partial charge in [0.15, 0.2) is 5.65 Å². The van der Waals surface area contributed by atoms with Crippen LogP contribution < -0.4 is 5.32 Å². The van der Waals surface area contributed by atoms with E-state index in [4.69, 9.17) is 0 Å². The van der Waals surface area contributed by atoms with Gasteiger partial charge in [0.2, 0.25) is 5.95 Å². The number of fused-ring (bicyclic) bond motifs is 3. The van der Waals surface area contributed by atoms with E-state index in [0.717, 1.165) is 10.9 Å². The van der Waals surface area contributed by atoms with Gasteiger partial charge in [0.1, 0.15) is 11.6 Å². The zero-order chi connectivity index (χ0) is 18.1. The normalized spacial score (nSPS) is 12.5. The van der Waals surface area contributed by atoms with Gasteiger partial charge in [-0.05, 0) is 31.2 Å².